The van der Waals surface area contributed by atoms with Gasteiger partial charge >= 0.3 is 0 Å². The average Bonchev–Trinajstić information content (AvgIpc) is 2.30. The van der Waals surface area contributed by atoms with Gasteiger partial charge in [0.2, 0.25) is 5.91 Å². The largest absolute Gasteiger partial charge is 0.382 e. The summed E-state index contributed by atoms with van der Waals surface area (Å²) in [6, 6.07) is -0.355. The van der Waals surface area contributed by atoms with Crippen LogP contribution in [0.5, 0.6) is 0 Å². The number of nitrogens with one attached hydrogen (secondary N) is 1. The molecule has 1 rings (SSSR count). The Labute approximate surface area is 103 Å². The molecule has 0 aromatic rings. The first-order chi connectivity index (χ1) is 8.04. The van der Waals surface area contributed by atoms with E-state index in [1.54, 1.807) is 7.11 Å². The van der Waals surface area contributed by atoms with Crippen LogP contribution in [0, 0.1) is 5.92 Å². The van der Waals surface area contributed by atoms with Gasteiger partial charge in [-0.1, -0.05) is 13.8 Å². The number of nitrogens with two attached hydrogens (primary N) is 1. The monoisotopic (exact) mass is 244 g/mol. The molecule has 1 aliphatic heterocycles. The standard InChI is InChI=1S/C12H24N2O3/c1-8(2)11(13)12(15)14-9-4-5-10(7-16-3)17-6-9/h8-11H,4-7,13H2,1-3H3,(H,14,15)/t9-,10+,11-/m1/s1. The fourth-order valence-corrected chi connectivity index (χ4v) is 1.84. The number of carbonyl (C=O) groups excluding carboxylic acids is 1. The minimum Gasteiger partial charge on any atom is -0.382 e. The first kappa shape index (κ1) is 14.4. The highest BCUT2D eigenvalue weighted by Gasteiger charge is 2.25. The molecule has 1 saturated heterocycles. The molecular weight excluding hydrogens is 220 g/mol. The Morgan fingerprint density at radius 3 is 2.71 bits per heavy atom. The van der Waals surface area contributed by atoms with Gasteiger partial charge in [0.25, 0.3) is 0 Å². The first-order valence-electron chi connectivity index (χ1n) is 6.21. The van der Waals surface area contributed by atoms with Crippen molar-refractivity contribution in [2.24, 2.45) is 11.7 Å². The highest BCUT2D eigenvalue weighted by Crippen LogP contribution is 2.14. The smallest absolute Gasteiger partial charge is 0.237 e. The van der Waals surface area contributed by atoms with E-state index < -0.39 is 6.04 Å². The van der Waals surface area contributed by atoms with Crippen LogP contribution in [-0.4, -0.2) is 44.4 Å². The molecule has 0 spiro atoms. The molecule has 0 saturated carbocycles. The minimum atomic E-state index is -0.438. The highest BCUT2D eigenvalue weighted by atomic mass is 16.5. The summed E-state index contributed by atoms with van der Waals surface area (Å²) in [5.74, 6) is 0.0690. The van der Waals surface area contributed by atoms with Gasteiger partial charge in [-0.25, -0.2) is 0 Å². The molecular formula is C12H24N2O3. The fraction of sp³-hybridized carbons (Fsp3) is 0.917. The number of amides is 1. The van der Waals surface area contributed by atoms with Crippen LogP contribution in [0.1, 0.15) is 26.7 Å². The van der Waals surface area contributed by atoms with Crippen molar-refractivity contribution in [3.63, 3.8) is 0 Å². The lowest BCUT2D eigenvalue weighted by Crippen LogP contribution is -2.51. The molecule has 1 fully saturated rings. The molecule has 3 N–H and O–H groups in total. The maximum Gasteiger partial charge on any atom is 0.237 e. The van der Waals surface area contributed by atoms with Crippen molar-refractivity contribution in [3.05, 3.63) is 0 Å². The molecule has 0 unspecified atom stereocenters. The van der Waals surface area contributed by atoms with Gasteiger partial charge in [0.05, 0.1) is 31.4 Å². The van der Waals surface area contributed by atoms with Crippen molar-refractivity contribution in [1.82, 2.24) is 5.32 Å². The highest BCUT2D eigenvalue weighted by molar-refractivity contribution is 5.82. The van der Waals surface area contributed by atoms with E-state index in [9.17, 15) is 4.79 Å². The Balaban J connectivity index is 2.28. The van der Waals surface area contributed by atoms with Crippen LogP contribution in [0.3, 0.4) is 0 Å². The second kappa shape index (κ2) is 6.93. The summed E-state index contributed by atoms with van der Waals surface area (Å²) in [5.41, 5.74) is 5.78. The Bertz CT molecular complexity index is 238. The molecule has 0 radical (unpaired) electrons. The SMILES string of the molecule is COC[C@@H]1CC[C@@H](NC(=O)[C@H](N)C(C)C)CO1. The van der Waals surface area contributed by atoms with Gasteiger partial charge in [-0.15, -0.1) is 0 Å². The van der Waals surface area contributed by atoms with E-state index in [0.717, 1.165) is 12.8 Å². The zero-order valence-corrected chi connectivity index (χ0v) is 10.9. The molecule has 3 atom stereocenters. The van der Waals surface area contributed by atoms with E-state index in [0.29, 0.717) is 13.2 Å². The molecule has 0 aliphatic carbocycles. The molecule has 1 amide bonds. The lowest BCUT2D eigenvalue weighted by atomic mass is 10.0. The van der Waals surface area contributed by atoms with Crippen LogP contribution in [0.2, 0.25) is 0 Å². The van der Waals surface area contributed by atoms with Gasteiger partial charge in [-0.05, 0) is 18.8 Å². The van der Waals surface area contributed by atoms with Crippen molar-refractivity contribution < 1.29 is 14.3 Å². The third-order valence-corrected chi connectivity index (χ3v) is 3.09. The quantitative estimate of drug-likeness (QED) is 0.728. The lowest BCUT2D eigenvalue weighted by molar-refractivity contribution is -0.125. The molecule has 17 heavy (non-hydrogen) atoms. The summed E-state index contributed by atoms with van der Waals surface area (Å²) in [6.45, 7) is 5.04. The Morgan fingerprint density at radius 1 is 1.53 bits per heavy atom. The maximum atomic E-state index is 11.7. The van der Waals surface area contributed by atoms with Crippen molar-refractivity contribution in [2.45, 2.75) is 44.9 Å². The molecule has 0 bridgehead atoms. The van der Waals surface area contributed by atoms with Crippen molar-refractivity contribution >= 4 is 5.91 Å². The molecule has 5 nitrogen and oxygen atoms in total. The summed E-state index contributed by atoms with van der Waals surface area (Å²) in [5, 5.41) is 2.93. The molecule has 1 aliphatic rings. The molecule has 0 aromatic heterocycles. The van der Waals surface area contributed by atoms with E-state index in [2.05, 4.69) is 5.32 Å². The number of rotatable bonds is 5. The maximum absolute atomic E-state index is 11.7. The topological polar surface area (TPSA) is 73.6 Å². The van der Waals surface area contributed by atoms with Gasteiger partial charge in [-0.3, -0.25) is 4.79 Å². The number of methoxy groups -OCH3 is 1. The minimum absolute atomic E-state index is 0.0837. The Kier molecular flexibility index (Phi) is 5.88. The van der Waals surface area contributed by atoms with E-state index in [-0.39, 0.29) is 24.0 Å². The predicted octanol–water partition coefficient (Wildman–Crippen LogP) is 0.280. The number of hydrogen-bond donors (Lipinski definition) is 2. The molecule has 100 valence electrons. The van der Waals surface area contributed by atoms with Crippen molar-refractivity contribution in [2.75, 3.05) is 20.3 Å². The van der Waals surface area contributed by atoms with Crippen LogP contribution in [-0.2, 0) is 14.3 Å². The van der Waals surface area contributed by atoms with E-state index in [1.807, 2.05) is 13.8 Å². The summed E-state index contributed by atoms with van der Waals surface area (Å²) < 4.78 is 10.6. The Hall–Kier alpha value is -0.650. The van der Waals surface area contributed by atoms with E-state index in [1.165, 1.54) is 0 Å². The second-order valence-corrected chi connectivity index (χ2v) is 4.96. The summed E-state index contributed by atoms with van der Waals surface area (Å²) in [4.78, 5) is 11.7. The zero-order chi connectivity index (χ0) is 12.8. The van der Waals surface area contributed by atoms with Gasteiger partial charge in [0.15, 0.2) is 0 Å². The third-order valence-electron chi connectivity index (χ3n) is 3.09. The first-order valence-corrected chi connectivity index (χ1v) is 6.21. The second-order valence-electron chi connectivity index (χ2n) is 4.96. The fourth-order valence-electron chi connectivity index (χ4n) is 1.84. The number of hydrogen-bond acceptors (Lipinski definition) is 4. The van der Waals surface area contributed by atoms with Gasteiger partial charge in [-0.2, -0.15) is 0 Å². The van der Waals surface area contributed by atoms with Crippen molar-refractivity contribution in [1.29, 1.82) is 0 Å². The van der Waals surface area contributed by atoms with E-state index in [4.69, 9.17) is 15.2 Å². The lowest BCUT2D eigenvalue weighted by Gasteiger charge is -2.30. The van der Waals surface area contributed by atoms with Crippen molar-refractivity contribution in [3.8, 4) is 0 Å². The van der Waals surface area contributed by atoms with Crippen LogP contribution in [0.4, 0.5) is 0 Å². The van der Waals surface area contributed by atoms with Crippen LogP contribution in [0.15, 0.2) is 0 Å². The van der Waals surface area contributed by atoms with Crippen LogP contribution < -0.4 is 11.1 Å². The number of ether oxygens (including phenoxy) is 2. The van der Waals surface area contributed by atoms with Gasteiger partial charge < -0.3 is 20.5 Å². The Morgan fingerprint density at radius 2 is 2.24 bits per heavy atom. The summed E-state index contributed by atoms with van der Waals surface area (Å²) >= 11 is 0. The average molecular weight is 244 g/mol. The number of carbonyl (C=O) groups is 1. The summed E-state index contributed by atoms with van der Waals surface area (Å²) in [7, 11) is 1.67. The van der Waals surface area contributed by atoms with Gasteiger partial charge in [0.1, 0.15) is 0 Å². The molecule has 5 heteroatoms. The molecule has 0 aromatic carbocycles. The summed E-state index contributed by atoms with van der Waals surface area (Å²) in [6.07, 6.45) is 1.99. The van der Waals surface area contributed by atoms with Gasteiger partial charge in [0, 0.05) is 7.11 Å². The third kappa shape index (κ3) is 4.61. The molecule has 1 heterocycles. The van der Waals surface area contributed by atoms with Crippen LogP contribution in [0.25, 0.3) is 0 Å². The zero-order valence-electron chi connectivity index (χ0n) is 10.9. The van der Waals surface area contributed by atoms with E-state index >= 15 is 0 Å². The normalized spacial score (nSPS) is 26.9. The van der Waals surface area contributed by atoms with Crippen LogP contribution >= 0.6 is 0 Å². The predicted molar refractivity (Wildman–Crippen MR) is 65.6 cm³/mol.